The number of carbonyl (C=O) groups is 2. The number of fused-ring (bicyclic) bond motifs is 1. The summed E-state index contributed by atoms with van der Waals surface area (Å²) >= 11 is 0. The summed E-state index contributed by atoms with van der Waals surface area (Å²) in [6, 6.07) is 11.2. The van der Waals surface area contributed by atoms with Crippen molar-refractivity contribution in [2.45, 2.75) is 26.1 Å². The maximum absolute atomic E-state index is 13.0. The summed E-state index contributed by atoms with van der Waals surface area (Å²) in [4.78, 5) is 23.8. The van der Waals surface area contributed by atoms with E-state index < -0.39 is 24.8 Å². The summed E-state index contributed by atoms with van der Waals surface area (Å²) in [6.07, 6.45) is -3.25. The Labute approximate surface area is 165 Å². The Morgan fingerprint density at radius 2 is 1.86 bits per heavy atom. The molecular formula is C20H19F2NO6. The zero-order valence-corrected chi connectivity index (χ0v) is 15.6. The van der Waals surface area contributed by atoms with Crippen LogP contribution in [-0.4, -0.2) is 31.4 Å². The van der Waals surface area contributed by atoms with Crippen LogP contribution in [0, 0.1) is 0 Å². The Balaban J connectivity index is 1.45. The number of anilines is 1. The number of benzene rings is 2. The van der Waals surface area contributed by atoms with Crippen LogP contribution in [-0.2, 0) is 20.7 Å². The number of hydrogen-bond acceptors (Lipinski definition) is 6. The average molecular weight is 407 g/mol. The number of nitrogens with one attached hydrogen (secondary N) is 1. The van der Waals surface area contributed by atoms with E-state index in [1.54, 1.807) is 0 Å². The van der Waals surface area contributed by atoms with E-state index in [2.05, 4.69) is 14.8 Å². The molecule has 1 amide bonds. The van der Waals surface area contributed by atoms with Gasteiger partial charge in [0.05, 0.1) is 6.61 Å². The highest BCUT2D eigenvalue weighted by molar-refractivity contribution is 5.93. The molecule has 1 aliphatic rings. The quantitative estimate of drug-likeness (QED) is 0.675. The van der Waals surface area contributed by atoms with Crippen LogP contribution in [0.3, 0.4) is 0 Å². The van der Waals surface area contributed by atoms with Gasteiger partial charge in [-0.1, -0.05) is 18.2 Å². The minimum Gasteiger partial charge on any atom is -0.494 e. The SMILES string of the molecule is CCOc1ccccc1CCC(=O)OCC(=O)Nc1ccc2c(c1)OC(F)(F)O2. The van der Waals surface area contributed by atoms with Crippen molar-refractivity contribution in [2.75, 3.05) is 18.5 Å². The number of esters is 1. The lowest BCUT2D eigenvalue weighted by Gasteiger charge is -2.10. The molecule has 1 N–H and O–H groups in total. The van der Waals surface area contributed by atoms with E-state index in [1.807, 2.05) is 31.2 Å². The van der Waals surface area contributed by atoms with Crippen LogP contribution in [0.25, 0.3) is 0 Å². The molecule has 0 unspecified atom stereocenters. The smallest absolute Gasteiger partial charge is 0.494 e. The third-order valence-corrected chi connectivity index (χ3v) is 3.92. The molecule has 0 saturated carbocycles. The topological polar surface area (TPSA) is 83.1 Å². The molecule has 1 aliphatic heterocycles. The maximum atomic E-state index is 13.0. The van der Waals surface area contributed by atoms with Crippen LogP contribution in [0.4, 0.5) is 14.5 Å². The fraction of sp³-hybridized carbons (Fsp3) is 0.300. The summed E-state index contributed by atoms with van der Waals surface area (Å²) in [5, 5.41) is 2.44. The Bertz CT molecular complexity index is 902. The number of amides is 1. The van der Waals surface area contributed by atoms with Gasteiger partial charge < -0.3 is 24.3 Å². The molecule has 0 spiro atoms. The van der Waals surface area contributed by atoms with E-state index in [0.29, 0.717) is 18.8 Å². The highest BCUT2D eigenvalue weighted by Gasteiger charge is 2.43. The standard InChI is InChI=1S/C20H19F2NO6/c1-2-26-15-6-4-3-5-13(15)7-10-19(25)27-12-18(24)23-14-8-9-16-17(11-14)29-20(21,22)28-16/h3-6,8-9,11H,2,7,10,12H2,1H3,(H,23,24). The van der Waals surface area contributed by atoms with Gasteiger partial charge in [-0.3, -0.25) is 9.59 Å². The summed E-state index contributed by atoms with van der Waals surface area (Å²) in [5.41, 5.74) is 1.07. The van der Waals surface area contributed by atoms with Gasteiger partial charge in [0.25, 0.3) is 5.91 Å². The van der Waals surface area contributed by atoms with Crippen LogP contribution >= 0.6 is 0 Å². The van der Waals surface area contributed by atoms with Crippen molar-refractivity contribution in [2.24, 2.45) is 0 Å². The molecule has 2 aromatic carbocycles. The molecule has 0 aromatic heterocycles. The van der Waals surface area contributed by atoms with Crippen molar-refractivity contribution in [1.29, 1.82) is 0 Å². The largest absolute Gasteiger partial charge is 0.586 e. The zero-order chi connectivity index (χ0) is 20.9. The lowest BCUT2D eigenvalue weighted by Crippen LogP contribution is -2.25. The summed E-state index contributed by atoms with van der Waals surface area (Å²) in [5.74, 6) is -0.783. The van der Waals surface area contributed by atoms with Gasteiger partial charge in [0.1, 0.15) is 5.75 Å². The van der Waals surface area contributed by atoms with Crippen molar-refractivity contribution in [3.8, 4) is 17.2 Å². The molecule has 0 fully saturated rings. The number of rotatable bonds is 8. The first-order valence-electron chi connectivity index (χ1n) is 8.92. The van der Waals surface area contributed by atoms with Gasteiger partial charge in [0.15, 0.2) is 18.1 Å². The summed E-state index contributed by atoms with van der Waals surface area (Å²) < 4.78 is 45.1. The van der Waals surface area contributed by atoms with Crippen molar-refractivity contribution in [1.82, 2.24) is 0 Å². The fourth-order valence-electron chi connectivity index (χ4n) is 2.69. The van der Waals surface area contributed by atoms with Crippen LogP contribution in [0.15, 0.2) is 42.5 Å². The van der Waals surface area contributed by atoms with Crippen LogP contribution in [0.1, 0.15) is 18.9 Å². The molecule has 2 aromatic rings. The van der Waals surface area contributed by atoms with Crippen LogP contribution in [0.2, 0.25) is 0 Å². The molecule has 3 rings (SSSR count). The first kappa shape index (κ1) is 20.4. The van der Waals surface area contributed by atoms with Gasteiger partial charge in [0, 0.05) is 18.2 Å². The average Bonchev–Trinajstić information content (AvgIpc) is 2.99. The third-order valence-electron chi connectivity index (χ3n) is 3.92. The number of ether oxygens (including phenoxy) is 4. The number of halogens is 2. The Morgan fingerprint density at radius 1 is 1.10 bits per heavy atom. The monoisotopic (exact) mass is 407 g/mol. The first-order valence-corrected chi connectivity index (χ1v) is 8.92. The lowest BCUT2D eigenvalue weighted by molar-refractivity contribution is -0.286. The molecular weight excluding hydrogens is 388 g/mol. The van der Waals surface area contributed by atoms with Gasteiger partial charge >= 0.3 is 12.3 Å². The number of aryl methyl sites for hydroxylation is 1. The Hall–Kier alpha value is -3.36. The normalized spacial score (nSPS) is 13.6. The molecule has 0 atom stereocenters. The van der Waals surface area contributed by atoms with Gasteiger partial charge in [-0.2, -0.15) is 0 Å². The molecule has 0 saturated heterocycles. The van der Waals surface area contributed by atoms with E-state index >= 15 is 0 Å². The maximum Gasteiger partial charge on any atom is 0.586 e. The van der Waals surface area contributed by atoms with Gasteiger partial charge in [-0.05, 0) is 37.1 Å². The fourth-order valence-corrected chi connectivity index (χ4v) is 2.69. The predicted octanol–water partition coefficient (Wildman–Crippen LogP) is 3.52. The van der Waals surface area contributed by atoms with Crippen LogP contribution < -0.4 is 19.5 Å². The number of carbonyl (C=O) groups excluding carboxylic acids is 2. The summed E-state index contributed by atoms with van der Waals surface area (Å²) in [7, 11) is 0. The van der Waals surface area contributed by atoms with Crippen molar-refractivity contribution < 1.29 is 37.3 Å². The van der Waals surface area contributed by atoms with E-state index in [-0.39, 0.29) is 23.6 Å². The molecule has 7 nitrogen and oxygen atoms in total. The van der Waals surface area contributed by atoms with Crippen molar-refractivity contribution >= 4 is 17.6 Å². The minimum absolute atomic E-state index is 0.0798. The van der Waals surface area contributed by atoms with Crippen LogP contribution in [0.5, 0.6) is 17.2 Å². The van der Waals surface area contributed by atoms with Crippen molar-refractivity contribution in [3.63, 3.8) is 0 Å². The first-order chi connectivity index (χ1) is 13.9. The lowest BCUT2D eigenvalue weighted by atomic mass is 10.1. The second-order valence-corrected chi connectivity index (χ2v) is 6.08. The molecule has 1 heterocycles. The van der Waals surface area contributed by atoms with Gasteiger partial charge in [0.2, 0.25) is 0 Å². The van der Waals surface area contributed by atoms with Gasteiger partial charge in [-0.25, -0.2) is 0 Å². The van der Waals surface area contributed by atoms with E-state index in [1.165, 1.54) is 18.2 Å². The van der Waals surface area contributed by atoms with Gasteiger partial charge in [-0.15, -0.1) is 8.78 Å². The zero-order valence-electron chi connectivity index (χ0n) is 15.6. The summed E-state index contributed by atoms with van der Waals surface area (Å²) in [6.45, 7) is 1.88. The highest BCUT2D eigenvalue weighted by Crippen LogP contribution is 2.42. The molecule has 0 bridgehead atoms. The van der Waals surface area contributed by atoms with E-state index in [0.717, 1.165) is 5.56 Å². The second kappa shape index (κ2) is 8.76. The van der Waals surface area contributed by atoms with E-state index in [9.17, 15) is 18.4 Å². The Kier molecular flexibility index (Phi) is 6.16. The number of hydrogen-bond donors (Lipinski definition) is 1. The highest BCUT2D eigenvalue weighted by atomic mass is 19.3. The third kappa shape index (κ3) is 5.56. The predicted molar refractivity (Wildman–Crippen MR) is 98.2 cm³/mol. The van der Waals surface area contributed by atoms with E-state index in [4.69, 9.17) is 9.47 Å². The number of alkyl halides is 2. The molecule has 9 heteroatoms. The number of para-hydroxylation sites is 1. The molecule has 0 radical (unpaired) electrons. The molecule has 154 valence electrons. The Morgan fingerprint density at radius 3 is 2.66 bits per heavy atom. The molecule has 0 aliphatic carbocycles. The minimum atomic E-state index is -3.73. The second-order valence-electron chi connectivity index (χ2n) is 6.08. The molecule has 29 heavy (non-hydrogen) atoms. The van der Waals surface area contributed by atoms with Crippen molar-refractivity contribution in [3.05, 3.63) is 48.0 Å².